The zero-order valence-electron chi connectivity index (χ0n) is 16.0. The van der Waals surface area contributed by atoms with Crippen molar-refractivity contribution in [2.24, 2.45) is 5.92 Å². The van der Waals surface area contributed by atoms with E-state index in [1.807, 2.05) is 35.0 Å². The van der Waals surface area contributed by atoms with Crippen molar-refractivity contribution in [1.29, 1.82) is 0 Å². The van der Waals surface area contributed by atoms with Gasteiger partial charge in [0.05, 0.1) is 24.5 Å². The van der Waals surface area contributed by atoms with E-state index < -0.39 is 11.5 Å². The Kier molecular flexibility index (Phi) is 4.01. The van der Waals surface area contributed by atoms with E-state index in [4.69, 9.17) is 0 Å². The van der Waals surface area contributed by atoms with Crippen LogP contribution >= 0.6 is 0 Å². The Hall–Kier alpha value is -2.67. The molecule has 3 atom stereocenters. The van der Waals surface area contributed by atoms with E-state index in [1.165, 1.54) is 0 Å². The van der Waals surface area contributed by atoms with Gasteiger partial charge in [-0.25, -0.2) is 4.98 Å². The molecule has 4 heterocycles. The molecular weight excluding hydrogens is 354 g/mol. The Balaban J connectivity index is 1.46. The van der Waals surface area contributed by atoms with Crippen LogP contribution in [0.1, 0.15) is 37.4 Å². The molecule has 1 aromatic carbocycles. The van der Waals surface area contributed by atoms with Gasteiger partial charge in [0.1, 0.15) is 5.54 Å². The quantitative estimate of drug-likeness (QED) is 0.850. The van der Waals surface area contributed by atoms with Crippen molar-refractivity contribution in [3.8, 4) is 0 Å². The van der Waals surface area contributed by atoms with Crippen LogP contribution in [0.15, 0.2) is 36.8 Å². The highest BCUT2D eigenvalue weighted by atomic mass is 16.2. The van der Waals surface area contributed by atoms with Gasteiger partial charge in [0, 0.05) is 30.0 Å². The molecule has 0 saturated carbocycles. The average molecular weight is 379 g/mol. The second-order valence-electron chi connectivity index (χ2n) is 7.96. The molecule has 146 valence electrons. The van der Waals surface area contributed by atoms with Gasteiger partial charge in [-0.3, -0.25) is 14.5 Å². The highest BCUT2D eigenvalue weighted by Gasteiger charge is 2.65. The molecule has 28 heavy (non-hydrogen) atoms. The van der Waals surface area contributed by atoms with Crippen LogP contribution in [0.4, 0.5) is 5.69 Å². The van der Waals surface area contributed by atoms with Gasteiger partial charge < -0.3 is 15.2 Å². The number of benzene rings is 1. The Morgan fingerprint density at radius 3 is 3.07 bits per heavy atom. The van der Waals surface area contributed by atoms with Crippen molar-refractivity contribution in [3.05, 3.63) is 48.0 Å². The molecule has 2 N–H and O–H groups in total. The summed E-state index contributed by atoms with van der Waals surface area (Å²) in [7, 11) is 0. The van der Waals surface area contributed by atoms with E-state index in [2.05, 4.69) is 27.4 Å². The number of nitrogens with zero attached hydrogens (tertiary/aromatic N) is 3. The zero-order valence-corrected chi connectivity index (χ0v) is 16.0. The molecular formula is C21H25N5O2. The smallest absolute Gasteiger partial charge is 0.250 e. The van der Waals surface area contributed by atoms with Gasteiger partial charge in [0.25, 0.3) is 0 Å². The van der Waals surface area contributed by atoms with Crippen molar-refractivity contribution < 1.29 is 9.59 Å². The minimum Gasteiger partial charge on any atom is -0.350 e. The third-order valence-electron chi connectivity index (χ3n) is 6.59. The van der Waals surface area contributed by atoms with Crippen LogP contribution in [0.5, 0.6) is 0 Å². The number of hydrogen-bond acceptors (Lipinski definition) is 4. The van der Waals surface area contributed by atoms with E-state index in [-0.39, 0.29) is 17.9 Å². The summed E-state index contributed by atoms with van der Waals surface area (Å²) in [5, 5.41) is 6.08. The Labute approximate surface area is 164 Å². The lowest BCUT2D eigenvalue weighted by Crippen LogP contribution is -2.54. The number of rotatable bonds is 4. The van der Waals surface area contributed by atoms with E-state index >= 15 is 0 Å². The lowest BCUT2D eigenvalue weighted by molar-refractivity contribution is -0.137. The predicted molar refractivity (Wildman–Crippen MR) is 104 cm³/mol. The number of hydrogen-bond donors (Lipinski definition) is 2. The number of fused-ring (bicyclic) bond motifs is 4. The molecule has 0 aliphatic carbocycles. The maximum atomic E-state index is 13.3. The first kappa shape index (κ1) is 17.4. The van der Waals surface area contributed by atoms with E-state index in [1.54, 1.807) is 6.33 Å². The highest BCUT2D eigenvalue weighted by Crippen LogP contribution is 2.55. The van der Waals surface area contributed by atoms with Crippen LogP contribution in [0, 0.1) is 5.92 Å². The van der Waals surface area contributed by atoms with Crippen molar-refractivity contribution in [2.75, 3.05) is 11.9 Å². The summed E-state index contributed by atoms with van der Waals surface area (Å²) < 4.78 is 1.98. The van der Waals surface area contributed by atoms with Gasteiger partial charge >= 0.3 is 0 Å². The van der Waals surface area contributed by atoms with Crippen LogP contribution in [-0.2, 0) is 28.2 Å². The molecule has 5 rings (SSSR count). The van der Waals surface area contributed by atoms with Gasteiger partial charge in [-0.15, -0.1) is 0 Å². The van der Waals surface area contributed by atoms with Crippen molar-refractivity contribution in [3.63, 3.8) is 0 Å². The molecule has 2 saturated heterocycles. The fourth-order valence-corrected chi connectivity index (χ4v) is 5.35. The molecule has 3 aliphatic rings. The maximum absolute atomic E-state index is 13.3. The van der Waals surface area contributed by atoms with Crippen LogP contribution in [-0.4, -0.2) is 38.9 Å². The standard InChI is InChI=1S/C21H25N5O2/c1-2-25-12-14(23-13-25)11-22-19(27)17-10-15-6-5-9-26(15)21(17)16-7-3-4-8-18(16)24-20(21)28/h3-4,7-8,12-13,15,17H,2,5-6,9-11H2,1H3,(H,22,27)(H,24,28)/t15-,17-,21+/m1/s1. The topological polar surface area (TPSA) is 79.3 Å². The summed E-state index contributed by atoms with van der Waals surface area (Å²) in [6.45, 7) is 4.14. The summed E-state index contributed by atoms with van der Waals surface area (Å²) in [4.78, 5) is 33.2. The number of amides is 2. The van der Waals surface area contributed by atoms with E-state index in [0.717, 1.165) is 49.3 Å². The second kappa shape index (κ2) is 6.44. The Morgan fingerprint density at radius 2 is 2.25 bits per heavy atom. The third kappa shape index (κ3) is 2.35. The summed E-state index contributed by atoms with van der Waals surface area (Å²) in [6, 6.07) is 8.09. The Bertz CT molecular complexity index is 938. The number of imidazole rings is 1. The molecule has 0 bridgehead atoms. The first-order valence-corrected chi connectivity index (χ1v) is 10.1. The SMILES string of the molecule is CCn1cnc(CNC(=O)[C@H]2C[C@H]3CCCN3[C@]23C(=O)Nc2ccccc23)c1. The van der Waals surface area contributed by atoms with Gasteiger partial charge in [0.15, 0.2) is 0 Å². The molecule has 7 heteroatoms. The number of aromatic nitrogens is 2. The van der Waals surface area contributed by atoms with Gasteiger partial charge in [-0.05, 0) is 38.8 Å². The lowest BCUT2D eigenvalue weighted by atomic mass is 9.78. The minimum atomic E-state index is -0.884. The molecule has 2 fully saturated rings. The summed E-state index contributed by atoms with van der Waals surface area (Å²) in [6.07, 6.45) is 6.55. The largest absolute Gasteiger partial charge is 0.350 e. The first-order valence-electron chi connectivity index (χ1n) is 10.1. The molecule has 2 aromatic rings. The number of carbonyl (C=O) groups excluding carboxylic acids is 2. The number of aryl methyl sites for hydroxylation is 1. The lowest BCUT2D eigenvalue weighted by Gasteiger charge is -2.36. The summed E-state index contributed by atoms with van der Waals surface area (Å²) in [5.41, 5.74) is 1.73. The number of anilines is 1. The minimum absolute atomic E-state index is 0.0616. The van der Waals surface area contributed by atoms with Crippen LogP contribution in [0.2, 0.25) is 0 Å². The van der Waals surface area contributed by atoms with Crippen molar-refractivity contribution >= 4 is 17.5 Å². The van der Waals surface area contributed by atoms with E-state index in [0.29, 0.717) is 6.54 Å². The van der Waals surface area contributed by atoms with Crippen LogP contribution in [0.3, 0.4) is 0 Å². The second-order valence-corrected chi connectivity index (χ2v) is 7.96. The molecule has 0 unspecified atom stereocenters. The normalized spacial score (nSPS) is 28.4. The average Bonchev–Trinajstić information content (AvgIpc) is 3.45. The predicted octanol–water partition coefficient (Wildman–Crippen LogP) is 1.85. The monoisotopic (exact) mass is 379 g/mol. The van der Waals surface area contributed by atoms with Gasteiger partial charge in [-0.2, -0.15) is 0 Å². The summed E-state index contributed by atoms with van der Waals surface area (Å²) in [5.74, 6) is -0.518. The maximum Gasteiger partial charge on any atom is 0.250 e. The van der Waals surface area contributed by atoms with Crippen molar-refractivity contribution in [1.82, 2.24) is 19.8 Å². The molecule has 0 radical (unpaired) electrons. The third-order valence-corrected chi connectivity index (χ3v) is 6.59. The highest BCUT2D eigenvalue weighted by molar-refractivity contribution is 6.09. The van der Waals surface area contributed by atoms with Crippen LogP contribution < -0.4 is 10.6 Å². The number of nitrogens with one attached hydrogen (secondary N) is 2. The number of carbonyl (C=O) groups is 2. The molecule has 7 nitrogen and oxygen atoms in total. The zero-order chi connectivity index (χ0) is 19.3. The van der Waals surface area contributed by atoms with Gasteiger partial charge in [0.2, 0.25) is 11.8 Å². The van der Waals surface area contributed by atoms with E-state index in [9.17, 15) is 9.59 Å². The molecule has 2 amide bonds. The fourth-order valence-electron chi connectivity index (χ4n) is 5.35. The molecule has 1 spiro atoms. The Morgan fingerprint density at radius 1 is 1.39 bits per heavy atom. The summed E-state index contributed by atoms with van der Waals surface area (Å²) >= 11 is 0. The molecule has 1 aromatic heterocycles. The van der Waals surface area contributed by atoms with Gasteiger partial charge in [-0.1, -0.05) is 18.2 Å². The number of para-hydroxylation sites is 1. The fraction of sp³-hybridized carbons (Fsp3) is 0.476. The van der Waals surface area contributed by atoms with Crippen LogP contribution in [0.25, 0.3) is 0 Å². The first-order chi connectivity index (χ1) is 13.6. The van der Waals surface area contributed by atoms with Crippen molar-refractivity contribution in [2.45, 2.75) is 50.9 Å². The molecule has 3 aliphatic heterocycles.